The molecule has 1 aliphatic carbocycles. The second kappa shape index (κ2) is 17.2. The Morgan fingerprint density at radius 1 is 1.00 bits per heavy atom. The molecule has 6 rings (SSSR count). The quantitative estimate of drug-likeness (QED) is 0.171. The highest BCUT2D eigenvalue weighted by atomic mass is 19.4. The van der Waals surface area contributed by atoms with E-state index in [4.69, 9.17) is 4.74 Å². The number of carbonyl (C=O) groups is 2. The molecule has 3 N–H and O–H groups in total. The van der Waals surface area contributed by atoms with Crippen LogP contribution in [0.2, 0.25) is 0 Å². The number of nitrogens with zero attached hydrogens (tertiary/aromatic N) is 4. The number of piperidine rings is 2. The van der Waals surface area contributed by atoms with E-state index in [-0.39, 0.29) is 23.3 Å². The number of carbonyl (C=O) groups excluding carboxylic acids is 1. The molecule has 0 spiro atoms. The molecule has 3 aromatic rings. The van der Waals surface area contributed by atoms with E-state index in [0.717, 1.165) is 88.8 Å². The van der Waals surface area contributed by atoms with Gasteiger partial charge < -0.3 is 30.3 Å². The maximum absolute atomic E-state index is 13.7. The number of carboxylic acids is 1. The summed E-state index contributed by atoms with van der Waals surface area (Å²) in [6.45, 7) is 9.65. The van der Waals surface area contributed by atoms with Gasteiger partial charge in [0.25, 0.3) is 0 Å². The van der Waals surface area contributed by atoms with Crippen LogP contribution in [-0.4, -0.2) is 90.2 Å². The van der Waals surface area contributed by atoms with Crippen LogP contribution in [-0.2, 0) is 11.0 Å². The molecule has 10 nitrogen and oxygen atoms in total. The number of anilines is 1. The number of hydrogen-bond acceptors (Lipinski definition) is 8. The van der Waals surface area contributed by atoms with E-state index in [1.165, 1.54) is 31.9 Å². The molecular weight excluding hydrogens is 697 g/mol. The van der Waals surface area contributed by atoms with Gasteiger partial charge in [0.05, 0.1) is 29.8 Å². The number of aromatic carboxylic acids is 1. The highest BCUT2D eigenvalue weighted by Crippen LogP contribution is 2.43. The zero-order chi connectivity index (χ0) is 38.6. The number of hydrogen-bond donors (Lipinski definition) is 3. The third-order valence-corrected chi connectivity index (χ3v) is 11.9. The second-order valence-corrected chi connectivity index (χ2v) is 15.8. The number of rotatable bonds is 12. The van der Waals surface area contributed by atoms with Gasteiger partial charge in [-0.3, -0.25) is 4.79 Å². The van der Waals surface area contributed by atoms with Crippen molar-refractivity contribution in [2.24, 2.45) is 17.8 Å². The predicted molar refractivity (Wildman–Crippen MR) is 203 cm³/mol. The Morgan fingerprint density at radius 2 is 1.70 bits per heavy atom. The SMILES string of the molecule is COc1cc2nc(C)nc(N[C@H](C)c3cc(C(=O)O)cc(C(F)(F)F)c3)c2cc1C1CCC(C(=O)N2CCC(CCN(C)CC3CCNCC3)CC2)CC1. The zero-order valence-electron chi connectivity index (χ0n) is 32.0. The first kappa shape index (κ1) is 39.7. The number of ether oxygens (including phenoxy) is 1. The summed E-state index contributed by atoms with van der Waals surface area (Å²) >= 11 is 0. The van der Waals surface area contributed by atoms with E-state index in [0.29, 0.717) is 40.3 Å². The fraction of sp³-hybridized carbons (Fsp3) is 0.610. The summed E-state index contributed by atoms with van der Waals surface area (Å²) < 4.78 is 46.8. The number of carboxylic acid groups (broad SMARTS) is 1. The van der Waals surface area contributed by atoms with Crippen LogP contribution in [0.25, 0.3) is 10.9 Å². The summed E-state index contributed by atoms with van der Waals surface area (Å²) in [6.07, 6.45) is 4.40. The molecule has 1 atom stereocenters. The summed E-state index contributed by atoms with van der Waals surface area (Å²) in [5.74, 6) is 2.06. The van der Waals surface area contributed by atoms with Crippen molar-refractivity contribution >= 4 is 28.6 Å². The minimum Gasteiger partial charge on any atom is -0.496 e. The van der Waals surface area contributed by atoms with E-state index in [2.05, 4.69) is 37.4 Å². The first-order valence-corrected chi connectivity index (χ1v) is 19.5. The standard InChI is InChI=1S/C41H55F3N6O4/c1-25(31-19-32(40(52)53)21-33(20-31)41(42,43)44)46-38-35-22-34(37(54-4)23-36(35)47-26(2)48-38)29-5-7-30(8-6-29)39(51)50-17-12-27(13-18-50)11-16-49(3)24-28-9-14-45-15-10-28/h19-23,25,27-30,45H,5-18,24H2,1-4H3,(H,52,53)(H,46,47,48)/t25-,29?,30?/m1/s1. The van der Waals surface area contributed by atoms with Gasteiger partial charge in [0.2, 0.25) is 5.91 Å². The van der Waals surface area contributed by atoms with Crippen LogP contribution in [0.15, 0.2) is 30.3 Å². The molecule has 3 heterocycles. The molecule has 13 heteroatoms. The molecule has 1 amide bonds. The number of likely N-dealkylation sites (tertiary alicyclic amines) is 1. The van der Waals surface area contributed by atoms with Crippen LogP contribution < -0.4 is 15.4 Å². The Labute approximate surface area is 316 Å². The smallest absolute Gasteiger partial charge is 0.416 e. The van der Waals surface area contributed by atoms with Crippen LogP contribution in [0, 0.1) is 24.7 Å². The fourth-order valence-corrected chi connectivity index (χ4v) is 8.72. The predicted octanol–water partition coefficient (Wildman–Crippen LogP) is 7.67. The number of alkyl halides is 3. The molecule has 294 valence electrons. The highest BCUT2D eigenvalue weighted by molar-refractivity contribution is 5.91. The minimum absolute atomic E-state index is 0.00702. The van der Waals surface area contributed by atoms with E-state index in [1.54, 1.807) is 21.0 Å². The topological polar surface area (TPSA) is 120 Å². The summed E-state index contributed by atoms with van der Waals surface area (Å²) in [6, 6.07) is 6.02. The molecule has 0 bridgehead atoms. The van der Waals surface area contributed by atoms with Crippen LogP contribution >= 0.6 is 0 Å². The lowest BCUT2D eigenvalue weighted by molar-refractivity contribution is -0.138. The van der Waals surface area contributed by atoms with E-state index in [1.807, 2.05) is 12.1 Å². The van der Waals surface area contributed by atoms with Gasteiger partial charge in [-0.1, -0.05) is 0 Å². The van der Waals surface area contributed by atoms with Gasteiger partial charge in [0, 0.05) is 37.0 Å². The van der Waals surface area contributed by atoms with Crippen molar-refractivity contribution in [3.05, 3.63) is 58.4 Å². The largest absolute Gasteiger partial charge is 0.496 e. The molecular formula is C41H55F3N6O4. The average Bonchev–Trinajstić information content (AvgIpc) is 3.16. The minimum atomic E-state index is -4.70. The number of fused-ring (bicyclic) bond motifs is 1. The van der Waals surface area contributed by atoms with Crippen LogP contribution in [0.1, 0.15) is 110 Å². The zero-order valence-corrected chi connectivity index (χ0v) is 32.0. The maximum Gasteiger partial charge on any atom is 0.416 e. The van der Waals surface area contributed by atoms with E-state index >= 15 is 0 Å². The molecule has 2 aliphatic heterocycles. The number of aromatic nitrogens is 2. The van der Waals surface area contributed by atoms with Gasteiger partial charge in [-0.25, -0.2) is 14.8 Å². The average molecular weight is 753 g/mol. The molecule has 2 aromatic carbocycles. The lowest BCUT2D eigenvalue weighted by atomic mass is 9.77. The molecule has 3 aliphatic rings. The van der Waals surface area contributed by atoms with Crippen molar-refractivity contribution in [3.8, 4) is 5.75 Å². The first-order valence-electron chi connectivity index (χ1n) is 19.5. The van der Waals surface area contributed by atoms with Gasteiger partial charge in [0.1, 0.15) is 17.4 Å². The van der Waals surface area contributed by atoms with Gasteiger partial charge in [-0.2, -0.15) is 13.2 Å². The summed E-state index contributed by atoms with van der Waals surface area (Å²) in [4.78, 5) is 39.2. The lowest BCUT2D eigenvalue weighted by Gasteiger charge is -2.37. The number of benzene rings is 2. The molecule has 0 unspecified atom stereocenters. The molecule has 2 saturated heterocycles. The number of methoxy groups -OCH3 is 1. The summed E-state index contributed by atoms with van der Waals surface area (Å²) in [5.41, 5.74) is 0.306. The van der Waals surface area contributed by atoms with Crippen molar-refractivity contribution in [1.82, 2.24) is 25.1 Å². The van der Waals surface area contributed by atoms with Crippen molar-refractivity contribution < 1.29 is 32.6 Å². The van der Waals surface area contributed by atoms with Crippen LogP contribution in [0.4, 0.5) is 19.0 Å². The number of aryl methyl sites for hydroxylation is 1. The number of amides is 1. The van der Waals surface area contributed by atoms with Gasteiger partial charge in [0.15, 0.2) is 0 Å². The number of nitrogens with one attached hydrogen (secondary N) is 2. The highest BCUT2D eigenvalue weighted by Gasteiger charge is 2.34. The van der Waals surface area contributed by atoms with Crippen LogP contribution in [0.5, 0.6) is 5.75 Å². The first-order chi connectivity index (χ1) is 25.8. The maximum atomic E-state index is 13.7. The van der Waals surface area contributed by atoms with Crippen LogP contribution in [0.3, 0.4) is 0 Å². The Bertz CT molecular complexity index is 1780. The van der Waals surface area contributed by atoms with Crippen molar-refractivity contribution in [1.29, 1.82) is 0 Å². The van der Waals surface area contributed by atoms with Crippen molar-refractivity contribution in [2.45, 2.75) is 89.8 Å². The van der Waals surface area contributed by atoms with Gasteiger partial charge >= 0.3 is 12.1 Å². The second-order valence-electron chi connectivity index (χ2n) is 15.8. The molecule has 3 fully saturated rings. The van der Waals surface area contributed by atoms with Crippen molar-refractivity contribution in [2.75, 3.05) is 58.7 Å². The lowest BCUT2D eigenvalue weighted by Crippen LogP contribution is -2.43. The third kappa shape index (κ3) is 9.63. The van der Waals surface area contributed by atoms with Gasteiger partial charge in [-0.15, -0.1) is 0 Å². The Kier molecular flexibility index (Phi) is 12.7. The molecule has 1 saturated carbocycles. The van der Waals surface area contributed by atoms with Gasteiger partial charge in [-0.05, 0) is 151 Å². The molecule has 1 aromatic heterocycles. The fourth-order valence-electron chi connectivity index (χ4n) is 8.72. The van der Waals surface area contributed by atoms with Crippen molar-refractivity contribution in [3.63, 3.8) is 0 Å². The Hall–Kier alpha value is -3.97. The monoisotopic (exact) mass is 752 g/mol. The number of halogens is 3. The molecule has 0 radical (unpaired) electrons. The summed E-state index contributed by atoms with van der Waals surface area (Å²) in [5, 5.41) is 16.9. The van der Waals surface area contributed by atoms with E-state index in [9.17, 15) is 27.9 Å². The summed E-state index contributed by atoms with van der Waals surface area (Å²) in [7, 11) is 3.87. The normalized spacial score (nSPS) is 21.0. The Morgan fingerprint density at radius 3 is 2.35 bits per heavy atom. The Balaban J connectivity index is 1.08. The molecule has 54 heavy (non-hydrogen) atoms. The third-order valence-electron chi connectivity index (χ3n) is 11.9. The van der Waals surface area contributed by atoms with E-state index < -0.39 is 29.3 Å².